The van der Waals surface area contributed by atoms with Gasteiger partial charge in [-0.1, -0.05) is 24.3 Å². The minimum absolute atomic E-state index is 0.0285. The molecule has 1 aliphatic carbocycles. The standard InChI is InChI=1S/C14H15NO3/c16-13(11-5-1-2-6-11)15-9-10-4-3-7-12(8-10)14(17)18/h1-4,7-8,11H,5-6,9H2,(H,15,16)(H,17,18). The maximum atomic E-state index is 11.8. The molecule has 1 aromatic rings. The van der Waals surface area contributed by atoms with E-state index in [1.165, 1.54) is 6.07 Å². The van der Waals surface area contributed by atoms with Crippen LogP contribution in [0.3, 0.4) is 0 Å². The van der Waals surface area contributed by atoms with Crippen LogP contribution in [0.15, 0.2) is 36.4 Å². The van der Waals surface area contributed by atoms with Crippen molar-refractivity contribution in [1.29, 1.82) is 0 Å². The summed E-state index contributed by atoms with van der Waals surface area (Å²) in [5, 5.41) is 11.7. The Hall–Kier alpha value is -2.10. The molecule has 18 heavy (non-hydrogen) atoms. The number of carboxylic acid groups (broad SMARTS) is 1. The van der Waals surface area contributed by atoms with E-state index in [-0.39, 0.29) is 17.4 Å². The van der Waals surface area contributed by atoms with E-state index in [9.17, 15) is 9.59 Å². The largest absolute Gasteiger partial charge is 0.478 e. The number of carbonyl (C=O) groups excluding carboxylic acids is 1. The number of hydrogen-bond donors (Lipinski definition) is 2. The summed E-state index contributed by atoms with van der Waals surface area (Å²) in [5.74, 6) is -0.892. The van der Waals surface area contributed by atoms with Crippen LogP contribution < -0.4 is 5.32 Å². The van der Waals surface area contributed by atoms with Gasteiger partial charge in [0.2, 0.25) is 5.91 Å². The lowest BCUT2D eigenvalue weighted by Gasteiger charge is -2.10. The van der Waals surface area contributed by atoms with E-state index in [2.05, 4.69) is 5.32 Å². The third-order valence-electron chi connectivity index (χ3n) is 3.02. The smallest absolute Gasteiger partial charge is 0.335 e. The number of amides is 1. The second kappa shape index (κ2) is 5.49. The van der Waals surface area contributed by atoms with Crippen LogP contribution in [0.2, 0.25) is 0 Å². The average molecular weight is 245 g/mol. The van der Waals surface area contributed by atoms with Crippen LogP contribution in [0.5, 0.6) is 0 Å². The summed E-state index contributed by atoms with van der Waals surface area (Å²) in [5.41, 5.74) is 1.04. The van der Waals surface area contributed by atoms with Crippen molar-refractivity contribution in [2.24, 2.45) is 5.92 Å². The Bertz CT molecular complexity index is 486. The molecule has 2 N–H and O–H groups in total. The molecular formula is C14H15NO3. The molecule has 0 heterocycles. The van der Waals surface area contributed by atoms with E-state index in [4.69, 9.17) is 5.11 Å². The molecule has 0 bridgehead atoms. The Morgan fingerprint density at radius 1 is 1.28 bits per heavy atom. The monoisotopic (exact) mass is 245 g/mol. The van der Waals surface area contributed by atoms with Gasteiger partial charge in [0.25, 0.3) is 0 Å². The van der Waals surface area contributed by atoms with Crippen LogP contribution in [-0.2, 0) is 11.3 Å². The first-order valence-corrected chi connectivity index (χ1v) is 5.92. The maximum Gasteiger partial charge on any atom is 0.335 e. The molecule has 2 rings (SSSR count). The van der Waals surface area contributed by atoms with Crippen molar-refractivity contribution in [1.82, 2.24) is 5.32 Å². The molecule has 1 aliphatic rings. The summed E-state index contributed by atoms with van der Waals surface area (Å²) < 4.78 is 0. The number of hydrogen-bond acceptors (Lipinski definition) is 2. The van der Waals surface area contributed by atoms with Crippen molar-refractivity contribution in [3.8, 4) is 0 Å². The van der Waals surface area contributed by atoms with Crippen LogP contribution in [-0.4, -0.2) is 17.0 Å². The van der Waals surface area contributed by atoms with Gasteiger partial charge in [-0.15, -0.1) is 0 Å². The van der Waals surface area contributed by atoms with Crippen LogP contribution in [0, 0.1) is 5.92 Å². The molecule has 4 nitrogen and oxygen atoms in total. The number of carboxylic acids is 1. The summed E-state index contributed by atoms with van der Waals surface area (Å²) in [6.07, 6.45) is 5.60. The molecule has 1 aromatic carbocycles. The van der Waals surface area contributed by atoms with Crippen molar-refractivity contribution in [3.05, 3.63) is 47.5 Å². The zero-order chi connectivity index (χ0) is 13.0. The molecule has 0 radical (unpaired) electrons. The van der Waals surface area contributed by atoms with Crippen molar-refractivity contribution >= 4 is 11.9 Å². The first kappa shape index (κ1) is 12.4. The highest BCUT2D eigenvalue weighted by molar-refractivity contribution is 5.87. The minimum Gasteiger partial charge on any atom is -0.478 e. The quantitative estimate of drug-likeness (QED) is 0.797. The molecule has 0 saturated carbocycles. The minimum atomic E-state index is -0.955. The van der Waals surface area contributed by atoms with E-state index < -0.39 is 5.97 Å². The normalized spacial score (nSPS) is 14.7. The summed E-state index contributed by atoms with van der Waals surface area (Å²) in [7, 11) is 0. The highest BCUT2D eigenvalue weighted by atomic mass is 16.4. The molecule has 1 amide bonds. The molecule has 0 aromatic heterocycles. The fourth-order valence-electron chi connectivity index (χ4n) is 1.98. The van der Waals surface area contributed by atoms with Gasteiger partial charge in [0, 0.05) is 12.5 Å². The van der Waals surface area contributed by atoms with Gasteiger partial charge in [0.15, 0.2) is 0 Å². The predicted octanol–water partition coefficient (Wildman–Crippen LogP) is 1.97. The molecule has 0 unspecified atom stereocenters. The van der Waals surface area contributed by atoms with Crippen molar-refractivity contribution in [2.45, 2.75) is 19.4 Å². The first-order valence-electron chi connectivity index (χ1n) is 5.92. The number of aromatic carboxylic acids is 1. The van der Waals surface area contributed by atoms with Gasteiger partial charge in [-0.05, 0) is 30.5 Å². The summed E-state index contributed by atoms with van der Waals surface area (Å²) >= 11 is 0. The fraction of sp³-hybridized carbons (Fsp3) is 0.286. The van der Waals surface area contributed by atoms with E-state index in [1.807, 2.05) is 12.2 Å². The molecule has 94 valence electrons. The number of rotatable bonds is 4. The number of benzene rings is 1. The topological polar surface area (TPSA) is 66.4 Å². The second-order valence-electron chi connectivity index (χ2n) is 4.36. The van der Waals surface area contributed by atoms with Gasteiger partial charge >= 0.3 is 5.97 Å². The van der Waals surface area contributed by atoms with Gasteiger partial charge < -0.3 is 10.4 Å². The molecule has 0 saturated heterocycles. The molecular weight excluding hydrogens is 230 g/mol. The van der Waals surface area contributed by atoms with Crippen LogP contribution in [0.25, 0.3) is 0 Å². The van der Waals surface area contributed by atoms with Crippen LogP contribution in [0.1, 0.15) is 28.8 Å². The molecule has 0 fully saturated rings. The highest BCUT2D eigenvalue weighted by Gasteiger charge is 2.18. The zero-order valence-corrected chi connectivity index (χ0v) is 9.93. The number of carbonyl (C=O) groups is 2. The Kier molecular flexibility index (Phi) is 3.77. The highest BCUT2D eigenvalue weighted by Crippen LogP contribution is 2.17. The molecule has 0 aliphatic heterocycles. The molecule has 0 spiro atoms. The Morgan fingerprint density at radius 2 is 2.00 bits per heavy atom. The van der Waals surface area contributed by atoms with Gasteiger partial charge in [0.05, 0.1) is 5.56 Å². The number of nitrogens with one attached hydrogen (secondary N) is 1. The Labute approximate surface area is 105 Å². The summed E-state index contributed by atoms with van der Waals surface area (Å²) in [4.78, 5) is 22.6. The third-order valence-corrected chi connectivity index (χ3v) is 3.02. The third kappa shape index (κ3) is 2.97. The van der Waals surface area contributed by atoms with E-state index in [0.29, 0.717) is 6.54 Å². The van der Waals surface area contributed by atoms with Crippen molar-refractivity contribution in [3.63, 3.8) is 0 Å². The molecule has 4 heteroatoms. The lowest BCUT2D eigenvalue weighted by atomic mass is 10.1. The lowest BCUT2D eigenvalue weighted by molar-refractivity contribution is -0.124. The Morgan fingerprint density at radius 3 is 2.67 bits per heavy atom. The first-order chi connectivity index (χ1) is 8.66. The molecule has 0 atom stereocenters. The van der Waals surface area contributed by atoms with Gasteiger partial charge in [-0.2, -0.15) is 0 Å². The summed E-state index contributed by atoms with van der Waals surface area (Å²) in [6, 6.07) is 6.60. The van der Waals surface area contributed by atoms with E-state index >= 15 is 0 Å². The maximum absolute atomic E-state index is 11.8. The Balaban J connectivity index is 1.91. The van der Waals surface area contributed by atoms with E-state index in [0.717, 1.165) is 18.4 Å². The predicted molar refractivity (Wildman–Crippen MR) is 67.1 cm³/mol. The number of allylic oxidation sites excluding steroid dienone is 2. The van der Waals surface area contributed by atoms with Crippen LogP contribution in [0.4, 0.5) is 0 Å². The van der Waals surface area contributed by atoms with Gasteiger partial charge in [0.1, 0.15) is 0 Å². The van der Waals surface area contributed by atoms with Crippen LogP contribution >= 0.6 is 0 Å². The van der Waals surface area contributed by atoms with E-state index in [1.54, 1.807) is 18.2 Å². The SMILES string of the molecule is O=C(O)c1cccc(CNC(=O)C2CC=CC2)c1. The van der Waals surface area contributed by atoms with Crippen molar-refractivity contribution < 1.29 is 14.7 Å². The van der Waals surface area contributed by atoms with Gasteiger partial charge in [-0.3, -0.25) is 4.79 Å². The zero-order valence-electron chi connectivity index (χ0n) is 9.93. The van der Waals surface area contributed by atoms with Crippen molar-refractivity contribution in [2.75, 3.05) is 0 Å². The fourth-order valence-corrected chi connectivity index (χ4v) is 1.98. The lowest BCUT2D eigenvalue weighted by Crippen LogP contribution is -2.28. The van der Waals surface area contributed by atoms with Gasteiger partial charge in [-0.25, -0.2) is 4.79 Å². The average Bonchev–Trinajstić information content (AvgIpc) is 2.90. The summed E-state index contributed by atoms with van der Waals surface area (Å²) in [6.45, 7) is 0.371. The second-order valence-corrected chi connectivity index (χ2v) is 4.36.